The standard InChI is InChI=1S/C18H27NO4/c1-18(2,3)23-17(20)19-15(10-11-16(19)21-4)13-22-12-14-8-6-5-7-9-14/h5-9,15-16H,10-13H2,1-4H3. The van der Waals surface area contributed by atoms with Crippen LogP contribution in [-0.2, 0) is 20.8 Å². The van der Waals surface area contributed by atoms with Gasteiger partial charge in [-0.2, -0.15) is 0 Å². The number of rotatable bonds is 5. The monoisotopic (exact) mass is 321 g/mol. The molecule has 1 heterocycles. The molecule has 23 heavy (non-hydrogen) atoms. The number of hydrogen-bond acceptors (Lipinski definition) is 4. The van der Waals surface area contributed by atoms with Gasteiger partial charge in [0.15, 0.2) is 0 Å². The minimum absolute atomic E-state index is 0.0153. The maximum absolute atomic E-state index is 12.4. The zero-order chi connectivity index (χ0) is 16.9. The smallest absolute Gasteiger partial charge is 0.412 e. The Balaban J connectivity index is 1.92. The van der Waals surface area contributed by atoms with E-state index in [-0.39, 0.29) is 18.4 Å². The number of ether oxygens (including phenoxy) is 3. The zero-order valence-corrected chi connectivity index (χ0v) is 14.5. The van der Waals surface area contributed by atoms with Crippen LogP contribution in [0.1, 0.15) is 39.2 Å². The Morgan fingerprint density at radius 2 is 1.91 bits per heavy atom. The van der Waals surface area contributed by atoms with Gasteiger partial charge in [-0.1, -0.05) is 30.3 Å². The molecule has 2 atom stereocenters. The Morgan fingerprint density at radius 1 is 1.22 bits per heavy atom. The van der Waals surface area contributed by atoms with Gasteiger partial charge < -0.3 is 14.2 Å². The lowest BCUT2D eigenvalue weighted by Gasteiger charge is -2.31. The number of carbonyl (C=O) groups excluding carboxylic acids is 1. The minimum Gasteiger partial charge on any atom is -0.444 e. The highest BCUT2D eigenvalue weighted by Gasteiger charge is 2.39. The first-order valence-electron chi connectivity index (χ1n) is 8.06. The molecule has 1 fully saturated rings. The van der Waals surface area contributed by atoms with E-state index in [0.717, 1.165) is 18.4 Å². The van der Waals surface area contributed by atoms with Gasteiger partial charge in [-0.15, -0.1) is 0 Å². The van der Waals surface area contributed by atoms with Crippen LogP contribution in [0.25, 0.3) is 0 Å². The molecule has 0 saturated carbocycles. The van der Waals surface area contributed by atoms with Crippen LogP contribution in [-0.4, -0.2) is 42.6 Å². The molecule has 5 nitrogen and oxygen atoms in total. The molecular weight excluding hydrogens is 294 g/mol. The Kier molecular flexibility index (Phi) is 6.02. The average molecular weight is 321 g/mol. The van der Waals surface area contributed by atoms with E-state index in [2.05, 4.69) is 0 Å². The predicted octanol–water partition coefficient (Wildman–Crippen LogP) is 3.58. The summed E-state index contributed by atoms with van der Waals surface area (Å²) in [6.07, 6.45) is 1.08. The first-order chi connectivity index (χ1) is 10.9. The number of nitrogens with zero attached hydrogens (tertiary/aromatic N) is 1. The molecule has 0 bridgehead atoms. The average Bonchev–Trinajstić information content (AvgIpc) is 2.90. The van der Waals surface area contributed by atoms with Crippen molar-refractivity contribution >= 4 is 6.09 Å². The molecule has 0 aromatic heterocycles. The Hall–Kier alpha value is -1.59. The number of methoxy groups -OCH3 is 1. The van der Waals surface area contributed by atoms with Gasteiger partial charge in [-0.25, -0.2) is 4.79 Å². The van der Waals surface area contributed by atoms with Gasteiger partial charge in [-0.05, 0) is 39.2 Å². The van der Waals surface area contributed by atoms with E-state index >= 15 is 0 Å². The maximum atomic E-state index is 12.4. The first-order valence-corrected chi connectivity index (χ1v) is 8.06. The highest BCUT2D eigenvalue weighted by atomic mass is 16.6. The fraction of sp³-hybridized carbons (Fsp3) is 0.611. The van der Waals surface area contributed by atoms with Gasteiger partial charge in [0.2, 0.25) is 0 Å². The van der Waals surface area contributed by atoms with Crippen molar-refractivity contribution in [3.8, 4) is 0 Å². The highest BCUT2D eigenvalue weighted by molar-refractivity contribution is 5.69. The maximum Gasteiger partial charge on any atom is 0.412 e. The number of hydrogen-bond donors (Lipinski definition) is 0. The van der Waals surface area contributed by atoms with Crippen LogP contribution < -0.4 is 0 Å². The number of amides is 1. The van der Waals surface area contributed by atoms with Crippen LogP contribution in [0.2, 0.25) is 0 Å². The lowest BCUT2D eigenvalue weighted by molar-refractivity contribution is -0.0528. The minimum atomic E-state index is -0.520. The SMILES string of the molecule is COC1CCC(COCc2ccccc2)N1C(=O)OC(C)(C)C. The van der Waals surface area contributed by atoms with Crippen LogP contribution in [0.4, 0.5) is 4.79 Å². The second-order valence-electron chi connectivity index (χ2n) is 6.81. The summed E-state index contributed by atoms with van der Waals surface area (Å²) < 4.78 is 16.7. The van der Waals surface area contributed by atoms with E-state index in [1.165, 1.54) is 0 Å². The van der Waals surface area contributed by atoms with Gasteiger partial charge in [0, 0.05) is 7.11 Å². The zero-order valence-electron chi connectivity index (χ0n) is 14.5. The molecule has 0 aliphatic carbocycles. The molecule has 1 aromatic carbocycles. The van der Waals surface area contributed by atoms with E-state index in [1.807, 2.05) is 51.1 Å². The quantitative estimate of drug-likeness (QED) is 0.832. The second kappa shape index (κ2) is 7.79. The molecule has 0 N–H and O–H groups in total. The molecule has 1 aromatic rings. The van der Waals surface area contributed by atoms with Gasteiger partial charge >= 0.3 is 6.09 Å². The van der Waals surface area contributed by atoms with E-state index in [4.69, 9.17) is 14.2 Å². The molecule has 1 amide bonds. The molecule has 5 heteroatoms. The summed E-state index contributed by atoms with van der Waals surface area (Å²) in [7, 11) is 1.62. The highest BCUT2D eigenvalue weighted by Crippen LogP contribution is 2.27. The Morgan fingerprint density at radius 3 is 2.52 bits per heavy atom. The Labute approximate surface area is 138 Å². The van der Waals surface area contributed by atoms with Crippen molar-refractivity contribution in [1.29, 1.82) is 0 Å². The number of likely N-dealkylation sites (tertiary alicyclic amines) is 1. The fourth-order valence-electron chi connectivity index (χ4n) is 2.71. The molecule has 128 valence electrons. The van der Waals surface area contributed by atoms with Crippen molar-refractivity contribution in [2.45, 2.75) is 58.1 Å². The van der Waals surface area contributed by atoms with Gasteiger partial charge in [0.25, 0.3) is 0 Å². The third-order valence-electron chi connectivity index (χ3n) is 3.75. The number of benzene rings is 1. The summed E-state index contributed by atoms with van der Waals surface area (Å²) in [5, 5.41) is 0. The van der Waals surface area contributed by atoms with Crippen molar-refractivity contribution in [3.63, 3.8) is 0 Å². The molecule has 1 saturated heterocycles. The Bertz CT molecular complexity index is 497. The van der Waals surface area contributed by atoms with Crippen LogP contribution in [0.5, 0.6) is 0 Å². The van der Waals surface area contributed by atoms with E-state index in [9.17, 15) is 4.79 Å². The van der Waals surface area contributed by atoms with Gasteiger partial charge in [0.05, 0.1) is 19.3 Å². The lowest BCUT2D eigenvalue weighted by atomic mass is 10.2. The molecule has 2 unspecified atom stereocenters. The third-order valence-corrected chi connectivity index (χ3v) is 3.75. The molecule has 1 aliphatic heterocycles. The summed E-state index contributed by atoms with van der Waals surface area (Å²) in [5.41, 5.74) is 0.602. The number of carbonyl (C=O) groups is 1. The predicted molar refractivity (Wildman–Crippen MR) is 88.0 cm³/mol. The van der Waals surface area contributed by atoms with Crippen LogP contribution in [0, 0.1) is 0 Å². The molecule has 0 spiro atoms. The van der Waals surface area contributed by atoms with Crippen molar-refractivity contribution in [2.75, 3.05) is 13.7 Å². The van der Waals surface area contributed by atoms with Crippen LogP contribution >= 0.6 is 0 Å². The molecular formula is C18H27NO4. The van der Waals surface area contributed by atoms with Crippen molar-refractivity contribution in [1.82, 2.24) is 4.90 Å². The topological polar surface area (TPSA) is 48.0 Å². The summed E-state index contributed by atoms with van der Waals surface area (Å²) in [4.78, 5) is 14.1. The van der Waals surface area contributed by atoms with Gasteiger partial charge in [0.1, 0.15) is 11.8 Å². The lowest BCUT2D eigenvalue weighted by Crippen LogP contribution is -2.46. The van der Waals surface area contributed by atoms with Gasteiger partial charge in [-0.3, -0.25) is 4.90 Å². The third kappa shape index (κ3) is 5.22. The van der Waals surface area contributed by atoms with Crippen molar-refractivity contribution < 1.29 is 19.0 Å². The van der Waals surface area contributed by atoms with Crippen LogP contribution in [0.15, 0.2) is 30.3 Å². The van der Waals surface area contributed by atoms with E-state index < -0.39 is 5.60 Å². The summed E-state index contributed by atoms with van der Waals surface area (Å²) in [6, 6.07) is 9.99. The molecule has 2 rings (SSSR count). The van der Waals surface area contributed by atoms with E-state index in [0.29, 0.717) is 13.2 Å². The fourth-order valence-corrected chi connectivity index (χ4v) is 2.71. The summed E-state index contributed by atoms with van der Waals surface area (Å²) in [5.74, 6) is 0. The largest absolute Gasteiger partial charge is 0.444 e. The second-order valence-corrected chi connectivity index (χ2v) is 6.81. The van der Waals surface area contributed by atoms with Crippen molar-refractivity contribution in [3.05, 3.63) is 35.9 Å². The van der Waals surface area contributed by atoms with Crippen LogP contribution in [0.3, 0.4) is 0 Å². The van der Waals surface area contributed by atoms with E-state index in [1.54, 1.807) is 12.0 Å². The first kappa shape index (κ1) is 17.8. The summed E-state index contributed by atoms with van der Waals surface area (Å²) in [6.45, 7) is 6.61. The normalized spacial score (nSPS) is 21.5. The van der Waals surface area contributed by atoms with Crippen molar-refractivity contribution in [2.24, 2.45) is 0 Å². The molecule has 1 aliphatic rings. The molecule has 0 radical (unpaired) electrons. The summed E-state index contributed by atoms with van der Waals surface area (Å²) >= 11 is 0.